The molecule has 0 aliphatic carbocycles. The molecule has 2 aliphatic rings. The van der Waals surface area contributed by atoms with E-state index >= 15 is 0 Å². The van der Waals surface area contributed by atoms with Gasteiger partial charge in [-0.2, -0.15) is 0 Å². The van der Waals surface area contributed by atoms with E-state index in [-0.39, 0.29) is 6.10 Å². The van der Waals surface area contributed by atoms with E-state index in [1.165, 1.54) is 26.2 Å². The summed E-state index contributed by atoms with van der Waals surface area (Å²) in [6, 6.07) is 0. The first-order valence-electron chi connectivity index (χ1n) is 11.1. The van der Waals surface area contributed by atoms with Crippen LogP contribution in [0.2, 0.25) is 0 Å². The summed E-state index contributed by atoms with van der Waals surface area (Å²) < 4.78 is 11.6. The molecule has 0 radical (unpaired) electrons. The van der Waals surface area contributed by atoms with Crippen molar-refractivity contribution in [3.8, 4) is 0 Å². The van der Waals surface area contributed by atoms with Gasteiger partial charge in [0, 0.05) is 65.5 Å². The van der Waals surface area contributed by atoms with Gasteiger partial charge in [0.25, 0.3) is 0 Å². The summed E-state index contributed by atoms with van der Waals surface area (Å²) in [4.78, 5) is 7.55. The zero-order valence-corrected chi connectivity index (χ0v) is 17.9. The lowest BCUT2D eigenvalue weighted by atomic mass is 10.1. The number of aliphatic hydroxyl groups is 1. The van der Waals surface area contributed by atoms with Gasteiger partial charge in [0.2, 0.25) is 0 Å². The predicted molar refractivity (Wildman–Crippen MR) is 110 cm³/mol. The summed E-state index contributed by atoms with van der Waals surface area (Å²) in [5.74, 6) is 0. The molecule has 27 heavy (non-hydrogen) atoms. The number of piperidine rings is 1. The average Bonchev–Trinajstić information content (AvgIpc) is 2.66. The quantitative estimate of drug-likeness (QED) is 0.516. The van der Waals surface area contributed by atoms with Crippen LogP contribution in [0, 0.1) is 0 Å². The maximum Gasteiger partial charge on any atom is 0.0597 e. The molecule has 0 aromatic carbocycles. The Labute approximate surface area is 166 Å². The van der Waals surface area contributed by atoms with Crippen LogP contribution in [0.25, 0.3) is 0 Å². The number of aliphatic hydroxyl groups excluding tert-OH is 1. The van der Waals surface area contributed by atoms with Crippen molar-refractivity contribution in [2.24, 2.45) is 0 Å². The summed E-state index contributed by atoms with van der Waals surface area (Å²) >= 11 is 0. The van der Waals surface area contributed by atoms with Crippen molar-refractivity contribution in [2.45, 2.75) is 64.8 Å². The van der Waals surface area contributed by atoms with Gasteiger partial charge < -0.3 is 29.3 Å². The number of likely N-dealkylation sites (tertiary alicyclic amines) is 1. The highest BCUT2D eigenvalue weighted by molar-refractivity contribution is 4.73. The fourth-order valence-electron chi connectivity index (χ4n) is 3.82. The van der Waals surface area contributed by atoms with Crippen LogP contribution >= 0.6 is 0 Å². The van der Waals surface area contributed by atoms with E-state index in [2.05, 4.69) is 35.5 Å². The number of hydrogen-bond donors (Lipinski definition) is 1. The highest BCUT2D eigenvalue weighted by Crippen LogP contribution is 2.10. The highest BCUT2D eigenvalue weighted by atomic mass is 16.5. The van der Waals surface area contributed by atoms with E-state index < -0.39 is 0 Å². The Morgan fingerprint density at radius 3 is 2.00 bits per heavy atom. The van der Waals surface area contributed by atoms with Gasteiger partial charge in [-0.25, -0.2) is 0 Å². The average molecular weight is 386 g/mol. The van der Waals surface area contributed by atoms with E-state index in [4.69, 9.17) is 9.47 Å². The molecule has 2 aliphatic heterocycles. The van der Waals surface area contributed by atoms with Crippen LogP contribution in [0.4, 0.5) is 0 Å². The van der Waals surface area contributed by atoms with Crippen LogP contribution in [0.3, 0.4) is 0 Å². The first-order chi connectivity index (χ1) is 13.0. The Hall–Kier alpha value is -0.240. The number of piperazine rings is 1. The zero-order chi connectivity index (χ0) is 19.5. The standard InChI is InChI=1S/C21H43N3O3/c1-19(2)26-17-4-8-22-12-14-24(15-13-22)9-5-20(3)27-18-16-23-10-6-21(25)7-11-23/h19-21,25H,4-18H2,1-3H3. The Bertz CT molecular complexity index is 368. The first-order valence-corrected chi connectivity index (χ1v) is 11.1. The monoisotopic (exact) mass is 385 g/mol. The molecule has 0 aromatic heterocycles. The van der Waals surface area contributed by atoms with E-state index in [0.29, 0.717) is 12.2 Å². The second-order valence-corrected chi connectivity index (χ2v) is 8.50. The van der Waals surface area contributed by atoms with Gasteiger partial charge in [0.1, 0.15) is 0 Å². The molecular weight excluding hydrogens is 342 g/mol. The molecule has 1 unspecified atom stereocenters. The van der Waals surface area contributed by atoms with Crippen molar-refractivity contribution in [2.75, 3.05) is 72.1 Å². The van der Waals surface area contributed by atoms with Gasteiger partial charge in [-0.1, -0.05) is 0 Å². The van der Waals surface area contributed by atoms with Gasteiger partial charge in [0.05, 0.1) is 24.9 Å². The molecule has 2 rings (SSSR count). The lowest BCUT2D eigenvalue weighted by Gasteiger charge is -2.35. The Balaban J connectivity index is 1.45. The normalized spacial score (nSPS) is 22.6. The van der Waals surface area contributed by atoms with Gasteiger partial charge in [-0.05, 0) is 46.5 Å². The van der Waals surface area contributed by atoms with E-state index in [1.807, 2.05) is 0 Å². The van der Waals surface area contributed by atoms with Crippen LogP contribution < -0.4 is 0 Å². The fraction of sp³-hybridized carbons (Fsp3) is 1.00. The van der Waals surface area contributed by atoms with Crippen LogP contribution in [-0.2, 0) is 9.47 Å². The summed E-state index contributed by atoms with van der Waals surface area (Å²) in [5.41, 5.74) is 0. The lowest BCUT2D eigenvalue weighted by molar-refractivity contribution is 0.0187. The molecule has 1 atom stereocenters. The van der Waals surface area contributed by atoms with Gasteiger partial charge in [0.15, 0.2) is 0 Å². The molecule has 6 heteroatoms. The Kier molecular flexibility index (Phi) is 11.2. The third-order valence-corrected chi connectivity index (χ3v) is 5.75. The number of nitrogens with zero attached hydrogens (tertiary/aromatic N) is 3. The predicted octanol–water partition coefficient (Wildman–Crippen LogP) is 1.67. The van der Waals surface area contributed by atoms with Crippen molar-refractivity contribution >= 4 is 0 Å². The summed E-state index contributed by atoms with van der Waals surface area (Å²) in [5, 5.41) is 9.55. The second-order valence-electron chi connectivity index (χ2n) is 8.50. The molecule has 2 saturated heterocycles. The Morgan fingerprint density at radius 1 is 0.778 bits per heavy atom. The Morgan fingerprint density at radius 2 is 1.37 bits per heavy atom. The maximum atomic E-state index is 9.55. The molecule has 0 aromatic rings. The van der Waals surface area contributed by atoms with Gasteiger partial charge in [-0.3, -0.25) is 0 Å². The topological polar surface area (TPSA) is 48.4 Å². The van der Waals surface area contributed by atoms with Crippen LogP contribution in [0.15, 0.2) is 0 Å². The number of hydrogen-bond acceptors (Lipinski definition) is 6. The first kappa shape index (κ1) is 23.0. The highest BCUT2D eigenvalue weighted by Gasteiger charge is 2.18. The minimum atomic E-state index is -0.0880. The molecule has 6 nitrogen and oxygen atoms in total. The van der Waals surface area contributed by atoms with E-state index in [1.54, 1.807) is 0 Å². The molecule has 0 spiro atoms. The second kappa shape index (κ2) is 13.1. The maximum absolute atomic E-state index is 9.55. The van der Waals surface area contributed by atoms with E-state index in [9.17, 15) is 5.11 Å². The third-order valence-electron chi connectivity index (χ3n) is 5.75. The van der Waals surface area contributed by atoms with Crippen molar-refractivity contribution in [1.29, 1.82) is 0 Å². The lowest BCUT2D eigenvalue weighted by Crippen LogP contribution is -2.47. The summed E-state index contributed by atoms with van der Waals surface area (Å²) in [6.07, 6.45) is 4.65. The molecule has 2 heterocycles. The molecular formula is C21H43N3O3. The minimum Gasteiger partial charge on any atom is -0.393 e. The number of rotatable bonds is 12. The van der Waals surface area contributed by atoms with Crippen molar-refractivity contribution in [3.63, 3.8) is 0 Å². The van der Waals surface area contributed by atoms with Crippen molar-refractivity contribution in [1.82, 2.24) is 14.7 Å². The van der Waals surface area contributed by atoms with Crippen molar-refractivity contribution in [3.05, 3.63) is 0 Å². The fourth-order valence-corrected chi connectivity index (χ4v) is 3.82. The zero-order valence-electron chi connectivity index (χ0n) is 17.9. The van der Waals surface area contributed by atoms with Gasteiger partial charge >= 0.3 is 0 Å². The molecule has 1 N–H and O–H groups in total. The number of ether oxygens (including phenoxy) is 2. The van der Waals surface area contributed by atoms with Gasteiger partial charge in [-0.15, -0.1) is 0 Å². The molecule has 160 valence electrons. The van der Waals surface area contributed by atoms with Crippen LogP contribution in [0.1, 0.15) is 46.5 Å². The van der Waals surface area contributed by atoms with Crippen molar-refractivity contribution < 1.29 is 14.6 Å². The SMILES string of the molecule is CC(C)OCCCN1CCN(CCC(C)OCCN2CCC(O)CC2)CC1. The third kappa shape index (κ3) is 10.2. The minimum absolute atomic E-state index is 0.0880. The van der Waals surface area contributed by atoms with E-state index in [0.717, 1.165) is 71.6 Å². The largest absolute Gasteiger partial charge is 0.393 e. The molecule has 0 bridgehead atoms. The molecule has 2 fully saturated rings. The van der Waals surface area contributed by atoms with Crippen LogP contribution in [-0.4, -0.2) is 110 Å². The van der Waals surface area contributed by atoms with Crippen LogP contribution in [0.5, 0.6) is 0 Å². The summed E-state index contributed by atoms with van der Waals surface area (Å²) in [7, 11) is 0. The molecule has 0 amide bonds. The molecule has 0 saturated carbocycles. The smallest absolute Gasteiger partial charge is 0.0597 e. The summed E-state index contributed by atoms with van der Waals surface area (Å²) in [6.45, 7) is 18.1.